The fraction of sp³-hybridized carbons (Fsp3) is 0.316. The summed E-state index contributed by atoms with van der Waals surface area (Å²) >= 11 is 0. The number of para-hydroxylation sites is 1. The second-order valence-electron chi connectivity index (χ2n) is 5.83. The molecular formula is C19H21NO. The van der Waals surface area contributed by atoms with Gasteiger partial charge < -0.3 is 4.90 Å². The molecule has 2 aromatic carbocycles. The van der Waals surface area contributed by atoms with Gasteiger partial charge in [0.2, 0.25) is 5.91 Å². The van der Waals surface area contributed by atoms with Crippen LogP contribution >= 0.6 is 0 Å². The molecule has 2 aromatic rings. The van der Waals surface area contributed by atoms with E-state index in [2.05, 4.69) is 31.2 Å². The third-order valence-electron chi connectivity index (χ3n) is 4.39. The summed E-state index contributed by atoms with van der Waals surface area (Å²) in [4.78, 5) is 15.0. The second-order valence-corrected chi connectivity index (χ2v) is 5.83. The van der Waals surface area contributed by atoms with Crippen LogP contribution in [0.2, 0.25) is 0 Å². The van der Waals surface area contributed by atoms with Crippen molar-refractivity contribution in [2.45, 2.75) is 32.1 Å². The van der Waals surface area contributed by atoms with E-state index in [1.165, 1.54) is 5.56 Å². The van der Waals surface area contributed by atoms with Gasteiger partial charge in [0.15, 0.2) is 0 Å². The van der Waals surface area contributed by atoms with E-state index in [1.807, 2.05) is 42.2 Å². The van der Waals surface area contributed by atoms with Gasteiger partial charge in [-0.1, -0.05) is 48.0 Å². The van der Waals surface area contributed by atoms with E-state index in [0.29, 0.717) is 6.54 Å². The first kappa shape index (κ1) is 13.9. The van der Waals surface area contributed by atoms with Crippen molar-refractivity contribution in [1.82, 2.24) is 0 Å². The van der Waals surface area contributed by atoms with E-state index in [4.69, 9.17) is 0 Å². The SMILES string of the molecule is CCN(C(=O)C1(c2ccc(C)cc2)CC1)c1ccccc1. The fourth-order valence-electron chi connectivity index (χ4n) is 2.93. The summed E-state index contributed by atoms with van der Waals surface area (Å²) in [5.41, 5.74) is 3.09. The Balaban J connectivity index is 1.91. The number of benzene rings is 2. The largest absolute Gasteiger partial charge is 0.312 e. The van der Waals surface area contributed by atoms with Crippen LogP contribution in [0.5, 0.6) is 0 Å². The smallest absolute Gasteiger partial charge is 0.237 e. The quantitative estimate of drug-likeness (QED) is 0.826. The number of carbonyl (C=O) groups excluding carboxylic acids is 1. The summed E-state index contributed by atoms with van der Waals surface area (Å²) in [7, 11) is 0. The molecule has 2 heteroatoms. The Morgan fingerprint density at radius 2 is 1.67 bits per heavy atom. The van der Waals surface area contributed by atoms with Gasteiger partial charge in [0.25, 0.3) is 0 Å². The highest BCUT2D eigenvalue weighted by Crippen LogP contribution is 2.50. The lowest BCUT2D eigenvalue weighted by Gasteiger charge is -2.26. The minimum atomic E-state index is -0.292. The predicted molar refractivity (Wildman–Crippen MR) is 86.6 cm³/mol. The maximum Gasteiger partial charge on any atom is 0.237 e. The molecule has 3 rings (SSSR count). The molecule has 1 aliphatic carbocycles. The monoisotopic (exact) mass is 279 g/mol. The van der Waals surface area contributed by atoms with Crippen molar-refractivity contribution >= 4 is 11.6 Å². The normalized spacial score (nSPS) is 15.5. The average molecular weight is 279 g/mol. The highest BCUT2D eigenvalue weighted by atomic mass is 16.2. The van der Waals surface area contributed by atoms with E-state index in [1.54, 1.807) is 0 Å². The lowest BCUT2D eigenvalue weighted by Crippen LogP contribution is -2.39. The molecule has 0 aromatic heterocycles. The Morgan fingerprint density at radius 1 is 1.05 bits per heavy atom. The van der Waals surface area contributed by atoms with Crippen molar-refractivity contribution in [3.63, 3.8) is 0 Å². The number of amides is 1. The first-order chi connectivity index (χ1) is 10.2. The number of carbonyl (C=O) groups is 1. The van der Waals surface area contributed by atoms with Crippen LogP contribution in [0.3, 0.4) is 0 Å². The van der Waals surface area contributed by atoms with Crippen LogP contribution in [-0.4, -0.2) is 12.5 Å². The van der Waals surface area contributed by atoms with Crippen molar-refractivity contribution in [1.29, 1.82) is 0 Å². The Bertz CT molecular complexity index is 626. The molecule has 1 fully saturated rings. The molecule has 0 heterocycles. The number of rotatable bonds is 4. The molecule has 0 bridgehead atoms. The van der Waals surface area contributed by atoms with Crippen LogP contribution in [0.15, 0.2) is 54.6 Å². The maximum absolute atomic E-state index is 13.1. The molecular weight excluding hydrogens is 258 g/mol. The molecule has 0 saturated heterocycles. The van der Waals surface area contributed by atoms with Crippen LogP contribution in [0.1, 0.15) is 30.9 Å². The maximum atomic E-state index is 13.1. The van der Waals surface area contributed by atoms with E-state index in [-0.39, 0.29) is 11.3 Å². The number of hydrogen-bond donors (Lipinski definition) is 0. The molecule has 2 nitrogen and oxygen atoms in total. The highest BCUT2D eigenvalue weighted by Gasteiger charge is 2.52. The summed E-state index contributed by atoms with van der Waals surface area (Å²) in [6.07, 6.45) is 1.91. The number of anilines is 1. The minimum Gasteiger partial charge on any atom is -0.312 e. The third-order valence-corrected chi connectivity index (χ3v) is 4.39. The summed E-state index contributed by atoms with van der Waals surface area (Å²) in [6, 6.07) is 18.4. The number of hydrogen-bond acceptors (Lipinski definition) is 1. The molecule has 0 spiro atoms. The zero-order chi connectivity index (χ0) is 14.9. The number of likely N-dealkylation sites (N-methyl/N-ethyl adjacent to an activating group) is 1. The van der Waals surface area contributed by atoms with Gasteiger partial charge in [-0.05, 0) is 44.4 Å². The first-order valence-electron chi connectivity index (χ1n) is 7.61. The van der Waals surface area contributed by atoms with E-state index < -0.39 is 0 Å². The van der Waals surface area contributed by atoms with Crippen LogP contribution < -0.4 is 4.90 Å². The van der Waals surface area contributed by atoms with Crippen molar-refractivity contribution in [2.75, 3.05) is 11.4 Å². The van der Waals surface area contributed by atoms with Gasteiger partial charge in [-0.3, -0.25) is 4.79 Å². The van der Waals surface area contributed by atoms with Gasteiger partial charge in [0.05, 0.1) is 5.41 Å². The molecule has 21 heavy (non-hydrogen) atoms. The molecule has 0 aliphatic heterocycles. The average Bonchev–Trinajstić information content (AvgIpc) is 3.31. The van der Waals surface area contributed by atoms with E-state index >= 15 is 0 Å². The second kappa shape index (κ2) is 5.36. The third kappa shape index (κ3) is 2.46. The van der Waals surface area contributed by atoms with Crippen molar-refractivity contribution in [2.24, 2.45) is 0 Å². The number of nitrogens with zero attached hydrogens (tertiary/aromatic N) is 1. The molecule has 0 N–H and O–H groups in total. The fourth-order valence-corrected chi connectivity index (χ4v) is 2.93. The molecule has 0 atom stereocenters. The molecule has 108 valence electrons. The van der Waals surface area contributed by atoms with E-state index in [0.717, 1.165) is 24.1 Å². The molecule has 0 radical (unpaired) electrons. The van der Waals surface area contributed by atoms with Crippen molar-refractivity contribution < 1.29 is 4.79 Å². The van der Waals surface area contributed by atoms with Crippen LogP contribution in [0.4, 0.5) is 5.69 Å². The lowest BCUT2D eigenvalue weighted by atomic mass is 9.93. The Morgan fingerprint density at radius 3 is 2.19 bits per heavy atom. The van der Waals surface area contributed by atoms with Gasteiger partial charge >= 0.3 is 0 Å². The Hall–Kier alpha value is -2.09. The van der Waals surface area contributed by atoms with Gasteiger partial charge in [-0.15, -0.1) is 0 Å². The van der Waals surface area contributed by atoms with Gasteiger partial charge in [0, 0.05) is 12.2 Å². The zero-order valence-corrected chi connectivity index (χ0v) is 12.7. The van der Waals surface area contributed by atoms with Crippen LogP contribution in [0, 0.1) is 6.92 Å². The molecule has 1 aliphatic rings. The first-order valence-corrected chi connectivity index (χ1v) is 7.61. The highest BCUT2D eigenvalue weighted by molar-refractivity contribution is 6.03. The van der Waals surface area contributed by atoms with Gasteiger partial charge in [-0.2, -0.15) is 0 Å². The van der Waals surface area contributed by atoms with Crippen molar-refractivity contribution in [3.05, 3.63) is 65.7 Å². The van der Waals surface area contributed by atoms with Crippen LogP contribution in [0.25, 0.3) is 0 Å². The summed E-state index contributed by atoms with van der Waals surface area (Å²) in [6.45, 7) is 4.82. The molecule has 0 unspecified atom stereocenters. The summed E-state index contributed by atoms with van der Waals surface area (Å²) in [5.74, 6) is 0.236. The Labute approximate surface area is 126 Å². The minimum absolute atomic E-state index is 0.236. The van der Waals surface area contributed by atoms with Crippen molar-refractivity contribution in [3.8, 4) is 0 Å². The van der Waals surface area contributed by atoms with Gasteiger partial charge in [-0.25, -0.2) is 0 Å². The van der Waals surface area contributed by atoms with Gasteiger partial charge in [0.1, 0.15) is 0 Å². The van der Waals surface area contributed by atoms with E-state index in [9.17, 15) is 4.79 Å². The zero-order valence-electron chi connectivity index (χ0n) is 12.7. The molecule has 1 amide bonds. The topological polar surface area (TPSA) is 20.3 Å². The standard InChI is InChI=1S/C19H21NO/c1-3-20(17-7-5-4-6-8-17)18(21)19(13-14-19)16-11-9-15(2)10-12-16/h4-12H,3,13-14H2,1-2H3. The predicted octanol–water partition coefficient (Wildman–Crippen LogP) is 4.08. The lowest BCUT2D eigenvalue weighted by molar-refractivity contribution is -0.121. The molecule has 1 saturated carbocycles. The summed E-state index contributed by atoms with van der Waals surface area (Å²) < 4.78 is 0. The summed E-state index contributed by atoms with van der Waals surface area (Å²) in [5, 5.41) is 0. The van der Waals surface area contributed by atoms with Crippen LogP contribution in [-0.2, 0) is 10.2 Å². The Kier molecular flexibility index (Phi) is 3.54. The number of aryl methyl sites for hydroxylation is 1.